The van der Waals surface area contributed by atoms with Crippen molar-refractivity contribution < 1.29 is 13.0 Å². The van der Waals surface area contributed by atoms with Crippen molar-refractivity contribution >= 4 is 54.6 Å². The molecule has 0 aliphatic heterocycles. The molecule has 8 heteroatoms. The molecule has 4 aromatic rings. The lowest BCUT2D eigenvalue weighted by atomic mass is 10.1. The second-order valence-corrected chi connectivity index (χ2v) is 9.69. The second kappa shape index (κ2) is 9.02. The normalized spacial score (nSPS) is 11.7. The second-order valence-electron chi connectivity index (χ2n) is 7.85. The van der Waals surface area contributed by atoms with Crippen molar-refractivity contribution in [2.75, 3.05) is 28.1 Å². The fraction of sp³-hybridized carbons (Fsp3) is 0.208. The summed E-state index contributed by atoms with van der Waals surface area (Å²) < 4.78 is 29.2. The molecular formula is C24H28N5O2S+. The van der Waals surface area contributed by atoms with Crippen molar-refractivity contribution in [1.82, 2.24) is 0 Å². The fourth-order valence-corrected chi connectivity index (χ4v) is 5.04. The van der Waals surface area contributed by atoms with E-state index in [1.807, 2.05) is 49.5 Å². The SMILES string of the molecule is C[n+]1c2ccccc2c(Nc2ccc(NS(=O)(=O)CCCCN)cc2)c2ccc(N)cc21. The highest BCUT2D eigenvalue weighted by atomic mass is 32.2. The number of nitrogens with zero attached hydrogens (tertiary/aromatic N) is 1. The minimum atomic E-state index is -3.39. The maximum absolute atomic E-state index is 12.2. The van der Waals surface area contributed by atoms with Gasteiger partial charge in [-0.25, -0.2) is 8.42 Å². The number of aryl methyl sites for hydroxylation is 1. The summed E-state index contributed by atoms with van der Waals surface area (Å²) in [7, 11) is -1.36. The number of benzene rings is 3. The van der Waals surface area contributed by atoms with E-state index in [1.165, 1.54) is 0 Å². The molecular weight excluding hydrogens is 422 g/mol. The van der Waals surface area contributed by atoms with Gasteiger partial charge in [-0.05, 0) is 61.9 Å². The molecule has 166 valence electrons. The summed E-state index contributed by atoms with van der Waals surface area (Å²) >= 11 is 0. The zero-order valence-corrected chi connectivity index (χ0v) is 18.8. The van der Waals surface area contributed by atoms with Crippen molar-refractivity contribution in [2.24, 2.45) is 12.8 Å². The highest BCUT2D eigenvalue weighted by molar-refractivity contribution is 7.92. The number of unbranched alkanes of at least 4 members (excludes halogenated alkanes) is 1. The molecule has 0 fully saturated rings. The lowest BCUT2D eigenvalue weighted by Crippen LogP contribution is -2.30. The Morgan fingerprint density at radius 3 is 2.31 bits per heavy atom. The molecule has 0 unspecified atom stereocenters. The Labute approximate surface area is 188 Å². The standard InChI is InChI=1S/C24H27N5O2S/c1-29-22-7-3-2-6-20(22)24(21-13-8-17(26)16-23(21)29)27-18-9-11-19(12-10-18)28-32(30,31)15-5-4-14-25/h2-3,6-13,16,28H,4-5,14-15,25H2,1H3,(H2,26,27)/p+1. The molecule has 0 saturated carbocycles. The van der Waals surface area contributed by atoms with Gasteiger partial charge >= 0.3 is 0 Å². The Balaban J connectivity index is 1.66. The van der Waals surface area contributed by atoms with Gasteiger partial charge in [-0.3, -0.25) is 4.72 Å². The molecule has 32 heavy (non-hydrogen) atoms. The molecule has 3 aromatic carbocycles. The van der Waals surface area contributed by atoms with Gasteiger partial charge < -0.3 is 16.8 Å². The van der Waals surface area contributed by atoms with E-state index in [0.29, 0.717) is 30.8 Å². The van der Waals surface area contributed by atoms with E-state index in [1.54, 1.807) is 12.1 Å². The fourth-order valence-electron chi connectivity index (χ4n) is 3.86. The molecule has 0 radical (unpaired) electrons. The first-order chi connectivity index (χ1) is 15.4. The first-order valence-corrected chi connectivity index (χ1v) is 12.2. The molecule has 0 spiro atoms. The topological polar surface area (TPSA) is 114 Å². The predicted molar refractivity (Wildman–Crippen MR) is 132 cm³/mol. The Hall–Kier alpha value is -3.36. The number of sulfonamides is 1. The lowest BCUT2D eigenvalue weighted by molar-refractivity contribution is -0.617. The minimum absolute atomic E-state index is 0.0618. The summed E-state index contributed by atoms with van der Waals surface area (Å²) in [6, 6.07) is 21.3. The zero-order valence-electron chi connectivity index (χ0n) is 18.0. The van der Waals surface area contributed by atoms with Gasteiger partial charge in [0.25, 0.3) is 0 Å². The highest BCUT2D eigenvalue weighted by Crippen LogP contribution is 2.33. The van der Waals surface area contributed by atoms with Crippen molar-refractivity contribution in [1.29, 1.82) is 0 Å². The summed E-state index contributed by atoms with van der Waals surface area (Å²) in [4.78, 5) is 0. The van der Waals surface area contributed by atoms with Crippen LogP contribution >= 0.6 is 0 Å². The third kappa shape index (κ3) is 4.61. The highest BCUT2D eigenvalue weighted by Gasteiger charge is 2.18. The van der Waals surface area contributed by atoms with Crippen LogP contribution < -0.4 is 26.1 Å². The first kappa shape index (κ1) is 21.9. The quantitative estimate of drug-likeness (QED) is 0.142. The summed E-state index contributed by atoms with van der Waals surface area (Å²) in [5.41, 5.74) is 16.7. The molecule has 4 rings (SSSR count). The van der Waals surface area contributed by atoms with Crippen molar-refractivity contribution in [3.05, 3.63) is 66.7 Å². The van der Waals surface area contributed by atoms with Crippen LogP contribution in [0.4, 0.5) is 22.7 Å². The number of aromatic nitrogens is 1. The number of nitrogen functional groups attached to an aromatic ring is 1. The number of hydrogen-bond acceptors (Lipinski definition) is 5. The van der Waals surface area contributed by atoms with Crippen LogP contribution in [-0.4, -0.2) is 20.7 Å². The van der Waals surface area contributed by atoms with Crippen molar-refractivity contribution in [3.63, 3.8) is 0 Å². The Morgan fingerprint density at radius 2 is 1.56 bits per heavy atom. The predicted octanol–water partition coefficient (Wildman–Crippen LogP) is 3.62. The van der Waals surface area contributed by atoms with Crippen LogP contribution in [0.2, 0.25) is 0 Å². The third-order valence-electron chi connectivity index (χ3n) is 5.48. The van der Waals surface area contributed by atoms with Gasteiger partial charge in [0, 0.05) is 29.2 Å². The summed E-state index contributed by atoms with van der Waals surface area (Å²) in [6.45, 7) is 0.489. The average Bonchev–Trinajstić information content (AvgIpc) is 2.78. The number of rotatable bonds is 8. The van der Waals surface area contributed by atoms with Gasteiger partial charge in [0.2, 0.25) is 21.1 Å². The van der Waals surface area contributed by atoms with Crippen LogP contribution in [0.25, 0.3) is 21.8 Å². The maximum atomic E-state index is 12.2. The largest absolute Gasteiger partial charge is 0.399 e. The molecule has 1 aromatic heterocycles. The van der Waals surface area contributed by atoms with Crippen molar-refractivity contribution in [3.8, 4) is 0 Å². The van der Waals surface area contributed by atoms with Gasteiger partial charge in [0.05, 0.1) is 22.2 Å². The van der Waals surface area contributed by atoms with Gasteiger partial charge in [-0.2, -0.15) is 4.57 Å². The van der Waals surface area contributed by atoms with E-state index in [9.17, 15) is 8.42 Å². The molecule has 0 saturated heterocycles. The van der Waals surface area contributed by atoms with E-state index in [4.69, 9.17) is 11.5 Å². The average molecular weight is 451 g/mol. The van der Waals surface area contributed by atoms with Crippen LogP contribution in [0.15, 0.2) is 66.7 Å². The summed E-state index contributed by atoms with van der Waals surface area (Å²) in [6.07, 6.45) is 1.23. The molecule has 0 bridgehead atoms. The van der Waals surface area contributed by atoms with E-state index in [2.05, 4.69) is 26.7 Å². The maximum Gasteiger partial charge on any atom is 0.232 e. The minimum Gasteiger partial charge on any atom is -0.399 e. The molecule has 0 aliphatic carbocycles. The Morgan fingerprint density at radius 1 is 0.875 bits per heavy atom. The summed E-state index contributed by atoms with van der Waals surface area (Å²) in [5, 5.41) is 5.65. The van der Waals surface area contributed by atoms with E-state index in [-0.39, 0.29) is 5.75 Å². The smallest absolute Gasteiger partial charge is 0.232 e. The van der Waals surface area contributed by atoms with Crippen molar-refractivity contribution in [2.45, 2.75) is 12.8 Å². The van der Waals surface area contributed by atoms with Gasteiger partial charge in [-0.1, -0.05) is 12.1 Å². The van der Waals surface area contributed by atoms with Gasteiger partial charge in [0.1, 0.15) is 7.05 Å². The molecule has 0 amide bonds. The lowest BCUT2D eigenvalue weighted by Gasteiger charge is -2.14. The molecule has 7 nitrogen and oxygen atoms in total. The molecule has 0 atom stereocenters. The zero-order chi connectivity index (χ0) is 22.7. The Bertz CT molecular complexity index is 1370. The number of para-hydroxylation sites is 1. The third-order valence-corrected chi connectivity index (χ3v) is 6.85. The van der Waals surface area contributed by atoms with E-state index < -0.39 is 10.0 Å². The number of hydrogen-bond donors (Lipinski definition) is 4. The number of fused-ring (bicyclic) bond motifs is 2. The van der Waals surface area contributed by atoms with E-state index in [0.717, 1.165) is 33.2 Å². The van der Waals surface area contributed by atoms with Crippen LogP contribution in [-0.2, 0) is 17.1 Å². The van der Waals surface area contributed by atoms with E-state index >= 15 is 0 Å². The number of pyridine rings is 1. The molecule has 6 N–H and O–H groups in total. The van der Waals surface area contributed by atoms with Crippen LogP contribution in [0.3, 0.4) is 0 Å². The monoisotopic (exact) mass is 450 g/mol. The number of nitrogens with one attached hydrogen (secondary N) is 2. The number of anilines is 4. The molecule has 1 heterocycles. The van der Waals surface area contributed by atoms with Crippen LogP contribution in [0.1, 0.15) is 12.8 Å². The molecule has 0 aliphatic rings. The van der Waals surface area contributed by atoms with Crippen LogP contribution in [0, 0.1) is 0 Å². The first-order valence-electron chi connectivity index (χ1n) is 10.6. The summed E-state index contributed by atoms with van der Waals surface area (Å²) in [5.74, 6) is 0.0618. The van der Waals surface area contributed by atoms with Gasteiger partial charge in [0.15, 0.2) is 0 Å². The van der Waals surface area contributed by atoms with Gasteiger partial charge in [-0.15, -0.1) is 0 Å². The number of nitrogens with two attached hydrogens (primary N) is 2. The Kier molecular flexibility index (Phi) is 6.16. The van der Waals surface area contributed by atoms with Crippen LogP contribution in [0.5, 0.6) is 0 Å².